The number of rotatable bonds is 31. The van der Waals surface area contributed by atoms with Crippen LogP contribution in [0.5, 0.6) is 0 Å². The van der Waals surface area contributed by atoms with Crippen LogP contribution in [0.15, 0.2) is 12.2 Å². The molecule has 250 valence electrons. The van der Waals surface area contributed by atoms with Gasteiger partial charge in [-0.3, -0.25) is 4.79 Å². The molecule has 0 radical (unpaired) electrons. The fourth-order valence-electron chi connectivity index (χ4n) is 5.02. The van der Waals surface area contributed by atoms with Gasteiger partial charge in [0.05, 0.1) is 6.10 Å². The number of carboxylic acid groups (broad SMARTS) is 2. The standard InChI is InChI=1S/C18H34O3.C18H36O3/c1-2-3-4-11-14-17(19)15-12-9-7-5-6-8-10-13-16-18(20)21;1-2-3-4-5-6-7-8-9-10-11-12-13-14-15-16-17(19)18(20)21/h9,12,17,19H,2-8,10-11,13-16H2,1H3,(H,20,21);17,19H,2-16H2,1H3,(H,20,21)/b12-9-;. The van der Waals surface area contributed by atoms with E-state index in [9.17, 15) is 14.7 Å². The first-order valence-corrected chi connectivity index (χ1v) is 17.8. The Balaban J connectivity index is 0. The number of carbonyl (C=O) groups is 2. The van der Waals surface area contributed by atoms with Crippen molar-refractivity contribution in [2.45, 2.75) is 206 Å². The van der Waals surface area contributed by atoms with Gasteiger partial charge in [0.15, 0.2) is 6.10 Å². The number of unbranched alkanes of at least 4 members (excludes halogenated alkanes) is 21. The molecule has 0 saturated heterocycles. The van der Waals surface area contributed by atoms with Crippen LogP contribution in [0.25, 0.3) is 0 Å². The zero-order valence-electron chi connectivity index (χ0n) is 27.7. The highest BCUT2D eigenvalue weighted by atomic mass is 16.4. The molecular formula is C36H70O6. The Morgan fingerprint density at radius 3 is 1.40 bits per heavy atom. The molecule has 0 rings (SSSR count). The first-order valence-electron chi connectivity index (χ1n) is 17.8. The van der Waals surface area contributed by atoms with E-state index in [1.807, 2.05) is 0 Å². The van der Waals surface area contributed by atoms with Crippen molar-refractivity contribution in [3.05, 3.63) is 12.2 Å². The average molecular weight is 599 g/mol. The third kappa shape index (κ3) is 38.6. The van der Waals surface area contributed by atoms with Crippen molar-refractivity contribution < 1.29 is 30.0 Å². The Labute approximate surface area is 259 Å². The quantitative estimate of drug-likeness (QED) is 0.0466. The van der Waals surface area contributed by atoms with Gasteiger partial charge < -0.3 is 20.4 Å². The van der Waals surface area contributed by atoms with Crippen molar-refractivity contribution in [3.8, 4) is 0 Å². The molecule has 0 bridgehead atoms. The summed E-state index contributed by atoms with van der Waals surface area (Å²) in [5.74, 6) is -1.78. The maximum atomic E-state index is 10.4. The number of hydrogen-bond acceptors (Lipinski definition) is 4. The molecule has 0 aliphatic carbocycles. The summed E-state index contributed by atoms with van der Waals surface area (Å²) in [6.45, 7) is 4.46. The van der Waals surface area contributed by atoms with Crippen molar-refractivity contribution in [1.29, 1.82) is 0 Å². The smallest absolute Gasteiger partial charge is 0.332 e. The van der Waals surface area contributed by atoms with Crippen LogP contribution < -0.4 is 0 Å². The molecule has 0 amide bonds. The third-order valence-corrected chi connectivity index (χ3v) is 7.84. The number of hydrogen-bond donors (Lipinski definition) is 4. The summed E-state index contributed by atoms with van der Waals surface area (Å²) in [6.07, 6.45) is 34.6. The summed E-state index contributed by atoms with van der Waals surface area (Å²) in [5.41, 5.74) is 0. The van der Waals surface area contributed by atoms with Crippen LogP contribution in [0.1, 0.15) is 194 Å². The molecule has 6 heteroatoms. The topological polar surface area (TPSA) is 115 Å². The molecule has 0 saturated carbocycles. The van der Waals surface area contributed by atoms with Crippen molar-refractivity contribution >= 4 is 11.9 Å². The fourth-order valence-corrected chi connectivity index (χ4v) is 5.02. The van der Waals surface area contributed by atoms with Gasteiger partial charge >= 0.3 is 11.9 Å². The van der Waals surface area contributed by atoms with Crippen LogP contribution in [0.3, 0.4) is 0 Å². The number of aliphatic hydroxyl groups excluding tert-OH is 2. The van der Waals surface area contributed by atoms with Crippen molar-refractivity contribution in [3.63, 3.8) is 0 Å². The molecule has 0 spiro atoms. The molecule has 4 N–H and O–H groups in total. The van der Waals surface area contributed by atoms with Gasteiger partial charge in [0, 0.05) is 6.42 Å². The van der Waals surface area contributed by atoms with Crippen LogP contribution >= 0.6 is 0 Å². The van der Waals surface area contributed by atoms with E-state index in [-0.39, 0.29) is 6.10 Å². The largest absolute Gasteiger partial charge is 0.481 e. The predicted molar refractivity (Wildman–Crippen MR) is 177 cm³/mol. The minimum absolute atomic E-state index is 0.172. The highest BCUT2D eigenvalue weighted by Crippen LogP contribution is 2.14. The summed E-state index contributed by atoms with van der Waals surface area (Å²) < 4.78 is 0. The Hall–Kier alpha value is -1.40. The van der Waals surface area contributed by atoms with E-state index in [4.69, 9.17) is 15.3 Å². The molecule has 0 fully saturated rings. The second-order valence-electron chi connectivity index (χ2n) is 12.1. The average Bonchev–Trinajstić information content (AvgIpc) is 2.96. The van der Waals surface area contributed by atoms with Crippen LogP contribution in [-0.4, -0.2) is 44.6 Å². The van der Waals surface area contributed by atoms with Crippen molar-refractivity contribution in [2.24, 2.45) is 0 Å². The third-order valence-electron chi connectivity index (χ3n) is 7.84. The van der Waals surface area contributed by atoms with Gasteiger partial charge in [-0.25, -0.2) is 4.79 Å². The maximum Gasteiger partial charge on any atom is 0.332 e. The monoisotopic (exact) mass is 599 g/mol. The summed E-state index contributed by atoms with van der Waals surface area (Å²) in [6, 6.07) is 0. The normalized spacial score (nSPS) is 12.7. The second kappa shape index (κ2) is 35.8. The molecule has 0 aliphatic heterocycles. The molecule has 6 nitrogen and oxygen atoms in total. The zero-order chi connectivity index (χ0) is 31.5. The highest BCUT2D eigenvalue weighted by molar-refractivity contribution is 5.71. The number of allylic oxidation sites excluding steroid dienone is 1. The minimum Gasteiger partial charge on any atom is -0.481 e. The summed E-state index contributed by atoms with van der Waals surface area (Å²) in [4.78, 5) is 20.7. The van der Waals surface area contributed by atoms with Crippen LogP contribution in [0.4, 0.5) is 0 Å². The lowest BCUT2D eigenvalue weighted by Crippen LogP contribution is -2.18. The Morgan fingerprint density at radius 1 is 0.524 bits per heavy atom. The van der Waals surface area contributed by atoms with Crippen molar-refractivity contribution in [2.75, 3.05) is 0 Å². The number of carboxylic acids is 2. The molecule has 2 atom stereocenters. The van der Waals surface area contributed by atoms with Crippen LogP contribution in [0, 0.1) is 0 Å². The first kappa shape index (κ1) is 42.7. The minimum atomic E-state index is -1.16. The summed E-state index contributed by atoms with van der Waals surface area (Å²) in [7, 11) is 0. The lowest BCUT2D eigenvalue weighted by atomic mass is 10.0. The molecule has 0 heterocycles. The molecule has 2 unspecified atom stereocenters. The fraction of sp³-hybridized carbons (Fsp3) is 0.889. The van der Waals surface area contributed by atoms with Gasteiger partial charge in [0.2, 0.25) is 0 Å². The lowest BCUT2D eigenvalue weighted by Gasteiger charge is -2.07. The molecule has 0 aromatic heterocycles. The van der Waals surface area contributed by atoms with E-state index in [0.29, 0.717) is 12.8 Å². The lowest BCUT2D eigenvalue weighted by molar-refractivity contribution is -0.147. The molecule has 0 aromatic carbocycles. The Morgan fingerprint density at radius 2 is 0.929 bits per heavy atom. The van der Waals surface area contributed by atoms with Gasteiger partial charge in [-0.2, -0.15) is 0 Å². The van der Waals surface area contributed by atoms with Crippen LogP contribution in [-0.2, 0) is 9.59 Å². The van der Waals surface area contributed by atoms with E-state index in [1.165, 1.54) is 103 Å². The van der Waals surface area contributed by atoms with E-state index < -0.39 is 18.0 Å². The zero-order valence-corrected chi connectivity index (χ0v) is 27.7. The molecule has 42 heavy (non-hydrogen) atoms. The van der Waals surface area contributed by atoms with Gasteiger partial charge in [0.25, 0.3) is 0 Å². The SMILES string of the molecule is CCCCCCC(O)C/C=C\CCCCCCCC(=O)O.CCCCCCCCCCCCCCCCC(O)C(=O)O. The Bertz CT molecular complexity index is 591. The maximum absolute atomic E-state index is 10.4. The Kier molecular flexibility index (Phi) is 36.4. The molecular weight excluding hydrogens is 528 g/mol. The van der Waals surface area contributed by atoms with E-state index in [1.54, 1.807) is 0 Å². The predicted octanol–water partition coefficient (Wildman–Crippen LogP) is 10.4. The van der Waals surface area contributed by atoms with Gasteiger partial charge in [-0.1, -0.05) is 161 Å². The number of aliphatic carboxylic acids is 2. The van der Waals surface area contributed by atoms with E-state index >= 15 is 0 Å². The molecule has 0 aromatic rings. The van der Waals surface area contributed by atoms with Gasteiger partial charge in [-0.15, -0.1) is 0 Å². The number of aliphatic hydroxyl groups is 2. The van der Waals surface area contributed by atoms with Gasteiger partial charge in [-0.05, 0) is 38.5 Å². The summed E-state index contributed by atoms with van der Waals surface area (Å²) >= 11 is 0. The van der Waals surface area contributed by atoms with Crippen molar-refractivity contribution in [1.82, 2.24) is 0 Å². The van der Waals surface area contributed by atoms with E-state index in [0.717, 1.165) is 64.2 Å². The highest BCUT2D eigenvalue weighted by Gasteiger charge is 2.11. The summed E-state index contributed by atoms with van der Waals surface area (Å²) in [5, 5.41) is 36.0. The second-order valence-corrected chi connectivity index (χ2v) is 12.1. The molecule has 0 aliphatic rings. The van der Waals surface area contributed by atoms with Gasteiger partial charge in [0.1, 0.15) is 0 Å². The van der Waals surface area contributed by atoms with E-state index in [2.05, 4.69) is 26.0 Å². The van der Waals surface area contributed by atoms with Crippen LogP contribution in [0.2, 0.25) is 0 Å². The first-order chi connectivity index (χ1) is 20.3.